The minimum atomic E-state index is -0.382. The van der Waals surface area contributed by atoms with E-state index < -0.39 is 0 Å². The van der Waals surface area contributed by atoms with E-state index in [-0.39, 0.29) is 5.97 Å². The summed E-state index contributed by atoms with van der Waals surface area (Å²) >= 11 is 5.92. The number of esters is 1. The van der Waals surface area contributed by atoms with Crippen LogP contribution in [0.2, 0.25) is 5.15 Å². The molecule has 92 valence electrons. The van der Waals surface area contributed by atoms with Crippen LogP contribution < -0.4 is 4.90 Å². The zero-order valence-corrected chi connectivity index (χ0v) is 10.5. The van der Waals surface area contributed by atoms with Crippen molar-refractivity contribution >= 4 is 23.4 Å². The summed E-state index contributed by atoms with van der Waals surface area (Å²) in [5.74, 6) is 0.380. The van der Waals surface area contributed by atoms with Gasteiger partial charge < -0.3 is 9.64 Å². The molecule has 0 bridgehead atoms. The van der Waals surface area contributed by atoms with E-state index in [0.717, 1.165) is 31.7 Å². The van der Waals surface area contributed by atoms with E-state index in [9.17, 15) is 4.79 Å². The quantitative estimate of drug-likeness (QED) is 0.601. The highest BCUT2D eigenvalue weighted by Gasteiger charge is 2.16. The Morgan fingerprint density at radius 2 is 2.06 bits per heavy atom. The van der Waals surface area contributed by atoms with Crippen LogP contribution in [0, 0.1) is 0 Å². The summed E-state index contributed by atoms with van der Waals surface area (Å²) in [5.41, 5.74) is 0.452. The van der Waals surface area contributed by atoms with Crippen molar-refractivity contribution in [1.82, 2.24) is 4.98 Å². The van der Waals surface area contributed by atoms with Crippen LogP contribution in [0.5, 0.6) is 0 Å². The van der Waals surface area contributed by atoms with E-state index in [2.05, 4.69) is 14.6 Å². The average molecular weight is 255 g/mol. The molecule has 1 aromatic rings. The first-order chi connectivity index (χ1) is 8.20. The summed E-state index contributed by atoms with van der Waals surface area (Å²) in [6.07, 6.45) is 3.56. The number of halogens is 1. The number of carbonyl (C=O) groups is 1. The monoisotopic (exact) mass is 254 g/mol. The third-order valence-corrected chi connectivity index (χ3v) is 3.08. The molecule has 1 fully saturated rings. The molecule has 0 N–H and O–H groups in total. The Balaban J connectivity index is 2.27. The summed E-state index contributed by atoms with van der Waals surface area (Å²) in [6.45, 7) is 1.93. The highest BCUT2D eigenvalue weighted by Crippen LogP contribution is 2.22. The van der Waals surface area contributed by atoms with Crippen molar-refractivity contribution in [2.75, 3.05) is 25.1 Å². The zero-order valence-electron chi connectivity index (χ0n) is 9.78. The second kappa shape index (κ2) is 5.36. The lowest BCUT2D eigenvalue weighted by Crippen LogP contribution is -2.30. The number of nitrogens with zero attached hydrogens (tertiary/aromatic N) is 2. The molecule has 0 amide bonds. The fraction of sp³-hybridized carbons (Fsp3) is 0.500. The Labute approximate surface area is 106 Å². The number of ether oxygens (including phenoxy) is 1. The standard InChI is InChI=1S/C12H15ClN2O2/c1-17-12(16)9-7-10(13)14-11(8-9)15-5-3-2-4-6-15/h7-8H,2-6H2,1H3. The van der Waals surface area contributed by atoms with Gasteiger partial charge in [-0.3, -0.25) is 0 Å². The molecule has 0 radical (unpaired) electrons. The van der Waals surface area contributed by atoms with E-state index in [1.807, 2.05) is 0 Å². The molecule has 0 unspecified atom stereocenters. The minimum Gasteiger partial charge on any atom is -0.465 e. The van der Waals surface area contributed by atoms with E-state index >= 15 is 0 Å². The molecule has 17 heavy (non-hydrogen) atoms. The first kappa shape index (κ1) is 12.2. The second-order valence-electron chi connectivity index (χ2n) is 4.08. The highest BCUT2D eigenvalue weighted by atomic mass is 35.5. The summed E-state index contributed by atoms with van der Waals surface area (Å²) in [5, 5.41) is 0.327. The summed E-state index contributed by atoms with van der Waals surface area (Å²) in [4.78, 5) is 17.9. The molecule has 1 aromatic heterocycles. The van der Waals surface area contributed by atoms with Gasteiger partial charge in [0.2, 0.25) is 0 Å². The lowest BCUT2D eigenvalue weighted by atomic mass is 10.1. The number of rotatable bonds is 2. The minimum absolute atomic E-state index is 0.327. The molecule has 0 aromatic carbocycles. The van der Waals surface area contributed by atoms with Gasteiger partial charge in [-0.1, -0.05) is 11.6 Å². The number of hydrogen-bond acceptors (Lipinski definition) is 4. The molecule has 0 spiro atoms. The van der Waals surface area contributed by atoms with Crippen molar-refractivity contribution in [3.63, 3.8) is 0 Å². The van der Waals surface area contributed by atoms with Gasteiger partial charge in [-0.2, -0.15) is 0 Å². The van der Waals surface area contributed by atoms with E-state index in [4.69, 9.17) is 11.6 Å². The summed E-state index contributed by atoms with van der Waals surface area (Å²) in [7, 11) is 1.36. The molecule has 4 nitrogen and oxygen atoms in total. The fourth-order valence-electron chi connectivity index (χ4n) is 2.00. The van der Waals surface area contributed by atoms with Gasteiger partial charge in [-0.15, -0.1) is 0 Å². The molecule has 0 aliphatic carbocycles. The van der Waals surface area contributed by atoms with Crippen molar-refractivity contribution in [2.45, 2.75) is 19.3 Å². The third kappa shape index (κ3) is 2.88. The number of piperidine rings is 1. The number of hydrogen-bond donors (Lipinski definition) is 0. The van der Waals surface area contributed by atoms with Crippen LogP contribution >= 0.6 is 11.6 Å². The van der Waals surface area contributed by atoms with E-state index in [0.29, 0.717) is 10.7 Å². The van der Waals surface area contributed by atoms with Gasteiger partial charge in [0, 0.05) is 13.1 Å². The maximum absolute atomic E-state index is 11.5. The van der Waals surface area contributed by atoms with Crippen molar-refractivity contribution in [3.05, 3.63) is 22.8 Å². The van der Waals surface area contributed by atoms with Crippen LogP contribution in [0.25, 0.3) is 0 Å². The molecular formula is C12H15ClN2O2. The lowest BCUT2D eigenvalue weighted by Gasteiger charge is -2.27. The first-order valence-corrected chi connectivity index (χ1v) is 6.09. The Hall–Kier alpha value is -1.29. The smallest absolute Gasteiger partial charge is 0.338 e. The van der Waals surface area contributed by atoms with Crippen molar-refractivity contribution < 1.29 is 9.53 Å². The SMILES string of the molecule is COC(=O)c1cc(Cl)nc(N2CCCCC2)c1. The van der Waals surface area contributed by atoms with Crippen LogP contribution in [0.4, 0.5) is 5.82 Å². The van der Waals surface area contributed by atoms with Gasteiger partial charge in [-0.25, -0.2) is 9.78 Å². The molecule has 2 rings (SSSR count). The molecule has 0 atom stereocenters. The largest absolute Gasteiger partial charge is 0.465 e. The van der Waals surface area contributed by atoms with E-state index in [1.165, 1.54) is 19.6 Å². The van der Waals surface area contributed by atoms with Crippen LogP contribution in [-0.2, 0) is 4.74 Å². The molecule has 1 aliphatic heterocycles. The number of anilines is 1. The molecule has 2 heterocycles. The predicted octanol–water partition coefficient (Wildman–Crippen LogP) is 2.51. The van der Waals surface area contributed by atoms with Crippen LogP contribution in [-0.4, -0.2) is 31.2 Å². The van der Waals surface area contributed by atoms with Gasteiger partial charge in [0.25, 0.3) is 0 Å². The molecular weight excluding hydrogens is 240 g/mol. The maximum Gasteiger partial charge on any atom is 0.338 e. The van der Waals surface area contributed by atoms with Gasteiger partial charge in [0.05, 0.1) is 12.7 Å². The van der Waals surface area contributed by atoms with Crippen LogP contribution in [0.15, 0.2) is 12.1 Å². The lowest BCUT2D eigenvalue weighted by molar-refractivity contribution is 0.0600. The highest BCUT2D eigenvalue weighted by molar-refractivity contribution is 6.29. The Kier molecular flexibility index (Phi) is 3.84. The Morgan fingerprint density at radius 1 is 1.35 bits per heavy atom. The third-order valence-electron chi connectivity index (χ3n) is 2.88. The number of methoxy groups -OCH3 is 1. The van der Waals surface area contributed by atoms with Crippen LogP contribution in [0.1, 0.15) is 29.6 Å². The molecule has 1 saturated heterocycles. The van der Waals surface area contributed by atoms with Crippen molar-refractivity contribution in [1.29, 1.82) is 0 Å². The molecule has 0 saturated carbocycles. The summed E-state index contributed by atoms with van der Waals surface area (Å²) in [6, 6.07) is 3.27. The first-order valence-electron chi connectivity index (χ1n) is 5.71. The predicted molar refractivity (Wildman–Crippen MR) is 66.7 cm³/mol. The molecule has 5 heteroatoms. The van der Waals surface area contributed by atoms with E-state index in [1.54, 1.807) is 6.07 Å². The number of carbonyl (C=O) groups excluding carboxylic acids is 1. The van der Waals surface area contributed by atoms with Gasteiger partial charge in [-0.05, 0) is 31.4 Å². The molecule has 1 aliphatic rings. The van der Waals surface area contributed by atoms with Gasteiger partial charge in [0.15, 0.2) is 0 Å². The second-order valence-corrected chi connectivity index (χ2v) is 4.46. The topological polar surface area (TPSA) is 42.4 Å². The van der Waals surface area contributed by atoms with Crippen molar-refractivity contribution in [2.24, 2.45) is 0 Å². The van der Waals surface area contributed by atoms with Crippen LogP contribution in [0.3, 0.4) is 0 Å². The van der Waals surface area contributed by atoms with Gasteiger partial charge >= 0.3 is 5.97 Å². The maximum atomic E-state index is 11.5. The average Bonchev–Trinajstić information content (AvgIpc) is 2.38. The van der Waals surface area contributed by atoms with Crippen molar-refractivity contribution in [3.8, 4) is 0 Å². The zero-order chi connectivity index (χ0) is 12.3. The normalized spacial score (nSPS) is 15.8. The number of pyridine rings is 1. The fourth-order valence-corrected chi connectivity index (χ4v) is 2.21. The Bertz CT molecular complexity index is 417. The Morgan fingerprint density at radius 3 is 2.71 bits per heavy atom. The summed E-state index contributed by atoms with van der Waals surface area (Å²) < 4.78 is 4.69. The van der Waals surface area contributed by atoms with Gasteiger partial charge in [0.1, 0.15) is 11.0 Å². The number of aromatic nitrogens is 1.